The molecule has 1 heterocycles. The van der Waals surface area contributed by atoms with E-state index in [1.807, 2.05) is 60.7 Å². The number of hydrogen-bond acceptors (Lipinski definition) is 5. The van der Waals surface area contributed by atoms with Crippen molar-refractivity contribution in [2.24, 2.45) is 0 Å². The predicted molar refractivity (Wildman–Crippen MR) is 119 cm³/mol. The van der Waals surface area contributed by atoms with Crippen molar-refractivity contribution in [3.63, 3.8) is 0 Å². The van der Waals surface area contributed by atoms with Gasteiger partial charge in [-0.15, -0.1) is 33.6 Å². The van der Waals surface area contributed by atoms with E-state index in [1.54, 1.807) is 24.0 Å². The fourth-order valence-electron chi connectivity index (χ4n) is 2.23. The molecule has 2 aromatic carbocycles. The zero-order valence-corrected chi connectivity index (χ0v) is 18.7. The molecule has 0 saturated heterocycles. The molecule has 0 aliphatic carbocycles. The van der Waals surface area contributed by atoms with Crippen LogP contribution < -0.4 is 0 Å². The van der Waals surface area contributed by atoms with E-state index in [-0.39, 0.29) is 0 Å². The summed E-state index contributed by atoms with van der Waals surface area (Å²) in [6, 6.07) is 13.6. The lowest BCUT2D eigenvalue weighted by molar-refractivity contribution is -0.742. The molecule has 0 bridgehead atoms. The van der Waals surface area contributed by atoms with Gasteiger partial charge in [0.25, 0.3) is 5.09 Å². The Bertz CT molecular complexity index is 908. The van der Waals surface area contributed by atoms with Crippen LogP contribution in [-0.2, 0) is 6.54 Å². The van der Waals surface area contributed by atoms with Crippen LogP contribution in [0, 0.1) is 10.1 Å². The standard InChI is InChI=1S/C18H15Cl3N2S2.HNO3/c19-13-1-4-15(5-2-13)25-16(10-23-8-7-22-12-23)11-24-18-6-3-14(20)9-17(18)21;2-1(3)4/h1-9,12,16H,10-11H2;(H,2,3,4). The van der Waals surface area contributed by atoms with E-state index in [9.17, 15) is 0 Å². The topological polar surface area (TPSA) is 81.2 Å². The van der Waals surface area contributed by atoms with E-state index in [0.717, 1.165) is 22.2 Å². The molecule has 1 unspecified atom stereocenters. The van der Waals surface area contributed by atoms with Gasteiger partial charge in [-0.3, -0.25) is 0 Å². The molecule has 1 aromatic heterocycles. The van der Waals surface area contributed by atoms with Crippen LogP contribution in [0.5, 0.6) is 0 Å². The minimum absolute atomic E-state index is 0.354. The number of halogens is 3. The molecule has 0 aliphatic heterocycles. The van der Waals surface area contributed by atoms with E-state index in [2.05, 4.69) is 9.55 Å². The van der Waals surface area contributed by atoms with Crippen molar-refractivity contribution in [3.05, 3.63) is 86.4 Å². The van der Waals surface area contributed by atoms with E-state index in [0.29, 0.717) is 15.3 Å². The maximum atomic E-state index is 8.36. The third-order valence-corrected chi connectivity index (χ3v) is 6.96. The number of benzene rings is 2. The highest BCUT2D eigenvalue weighted by Gasteiger charge is 2.14. The molecule has 3 rings (SSSR count). The van der Waals surface area contributed by atoms with Gasteiger partial charge in [-0.25, -0.2) is 4.98 Å². The molecular weight excluding hydrogens is 477 g/mol. The summed E-state index contributed by atoms with van der Waals surface area (Å²) in [6.07, 6.45) is 5.62. The molecule has 0 amide bonds. The lowest BCUT2D eigenvalue weighted by Crippen LogP contribution is -2.14. The van der Waals surface area contributed by atoms with Gasteiger partial charge in [0, 0.05) is 49.8 Å². The van der Waals surface area contributed by atoms with Crippen LogP contribution in [0.4, 0.5) is 0 Å². The number of hydrogen-bond donors (Lipinski definition) is 1. The number of imidazole rings is 1. The molecule has 0 spiro atoms. The Kier molecular flexibility index (Phi) is 9.96. The van der Waals surface area contributed by atoms with Crippen molar-refractivity contribution in [2.75, 3.05) is 5.75 Å². The normalized spacial score (nSPS) is 11.4. The van der Waals surface area contributed by atoms with Gasteiger partial charge < -0.3 is 9.77 Å². The Morgan fingerprint density at radius 3 is 2.38 bits per heavy atom. The third kappa shape index (κ3) is 9.18. The Labute approximate surface area is 191 Å². The summed E-state index contributed by atoms with van der Waals surface area (Å²) in [7, 11) is 0. The first-order valence-corrected chi connectivity index (χ1v) is 11.1. The first-order valence-electron chi connectivity index (χ1n) is 8.12. The second kappa shape index (κ2) is 12.2. The van der Waals surface area contributed by atoms with E-state index < -0.39 is 5.09 Å². The van der Waals surface area contributed by atoms with Crippen molar-refractivity contribution in [2.45, 2.75) is 21.6 Å². The van der Waals surface area contributed by atoms with Crippen molar-refractivity contribution >= 4 is 58.3 Å². The molecule has 11 heteroatoms. The lowest BCUT2D eigenvalue weighted by Gasteiger charge is -2.17. The van der Waals surface area contributed by atoms with Crippen LogP contribution in [0.25, 0.3) is 0 Å². The fraction of sp³-hybridized carbons (Fsp3) is 0.167. The molecule has 0 aliphatic rings. The summed E-state index contributed by atoms with van der Waals surface area (Å²) in [5.41, 5.74) is 0. The minimum atomic E-state index is -1.50. The quantitative estimate of drug-likeness (QED) is 0.232. The summed E-state index contributed by atoms with van der Waals surface area (Å²) >= 11 is 21.8. The molecule has 1 atom stereocenters. The first kappa shape index (κ1) is 23.7. The van der Waals surface area contributed by atoms with Crippen molar-refractivity contribution < 1.29 is 10.3 Å². The monoisotopic (exact) mass is 491 g/mol. The predicted octanol–water partition coefficient (Wildman–Crippen LogP) is 6.45. The fourth-order valence-corrected chi connectivity index (χ4v) is 5.17. The highest BCUT2D eigenvalue weighted by atomic mass is 35.5. The molecule has 0 fully saturated rings. The lowest BCUT2D eigenvalue weighted by atomic mass is 10.4. The van der Waals surface area contributed by atoms with Gasteiger partial charge in [0.1, 0.15) is 0 Å². The Hall–Kier alpha value is -1.58. The van der Waals surface area contributed by atoms with Gasteiger partial charge in [0.15, 0.2) is 0 Å². The smallest absolute Gasteiger partial charge is 0.291 e. The SMILES string of the molecule is Clc1ccc(SC(CSc2ccc(Cl)cc2Cl)Cn2ccnc2)cc1.O=[N+]([O-])O. The highest BCUT2D eigenvalue weighted by Crippen LogP contribution is 2.34. The van der Waals surface area contributed by atoms with Gasteiger partial charge in [0.2, 0.25) is 0 Å². The zero-order chi connectivity index (χ0) is 21.2. The molecule has 154 valence electrons. The van der Waals surface area contributed by atoms with Crippen LogP contribution in [0.15, 0.2) is 71.0 Å². The number of rotatable bonds is 7. The molecular formula is C18H16Cl3N3O3S2. The van der Waals surface area contributed by atoms with E-state index in [4.69, 9.17) is 50.1 Å². The van der Waals surface area contributed by atoms with Crippen molar-refractivity contribution in [1.29, 1.82) is 0 Å². The number of aromatic nitrogens is 2. The zero-order valence-electron chi connectivity index (χ0n) is 14.8. The Morgan fingerprint density at radius 1 is 1.14 bits per heavy atom. The van der Waals surface area contributed by atoms with Crippen LogP contribution in [-0.4, -0.2) is 30.8 Å². The number of thioether (sulfide) groups is 2. The van der Waals surface area contributed by atoms with E-state index >= 15 is 0 Å². The second-order valence-electron chi connectivity index (χ2n) is 5.58. The maximum absolute atomic E-state index is 8.36. The molecule has 29 heavy (non-hydrogen) atoms. The first-order chi connectivity index (χ1) is 13.8. The van der Waals surface area contributed by atoms with Crippen molar-refractivity contribution in [1.82, 2.24) is 9.55 Å². The van der Waals surface area contributed by atoms with Gasteiger partial charge in [-0.2, -0.15) is 0 Å². The number of nitrogens with zero attached hydrogens (tertiary/aromatic N) is 3. The van der Waals surface area contributed by atoms with Crippen LogP contribution in [0.2, 0.25) is 15.1 Å². The summed E-state index contributed by atoms with van der Waals surface area (Å²) < 4.78 is 2.09. The van der Waals surface area contributed by atoms with Gasteiger partial charge in [-0.05, 0) is 42.5 Å². The summed E-state index contributed by atoms with van der Waals surface area (Å²) in [5.74, 6) is 0.910. The van der Waals surface area contributed by atoms with Crippen LogP contribution in [0.3, 0.4) is 0 Å². The van der Waals surface area contributed by atoms with Crippen molar-refractivity contribution in [3.8, 4) is 0 Å². The second-order valence-corrected chi connectivity index (χ2v) is 9.29. The molecule has 6 nitrogen and oxygen atoms in total. The third-order valence-electron chi connectivity index (χ3n) is 3.41. The Balaban J connectivity index is 0.000000687. The summed E-state index contributed by atoms with van der Waals surface area (Å²) in [5, 5.41) is 16.1. The average molecular weight is 493 g/mol. The maximum Gasteiger partial charge on any atom is 0.291 e. The summed E-state index contributed by atoms with van der Waals surface area (Å²) in [4.78, 5) is 14.7. The molecule has 1 N–H and O–H groups in total. The molecule has 3 aromatic rings. The Morgan fingerprint density at radius 2 is 1.79 bits per heavy atom. The van der Waals surface area contributed by atoms with Crippen LogP contribution >= 0.6 is 58.3 Å². The average Bonchev–Trinajstić information content (AvgIpc) is 3.15. The molecule has 0 radical (unpaired) electrons. The van der Waals surface area contributed by atoms with E-state index in [1.165, 1.54) is 4.90 Å². The van der Waals surface area contributed by atoms with Crippen LogP contribution in [0.1, 0.15) is 0 Å². The van der Waals surface area contributed by atoms with Gasteiger partial charge >= 0.3 is 0 Å². The summed E-state index contributed by atoms with van der Waals surface area (Å²) in [6.45, 7) is 0.867. The highest BCUT2D eigenvalue weighted by molar-refractivity contribution is 8.03. The van der Waals surface area contributed by atoms with Gasteiger partial charge in [0.05, 0.1) is 11.3 Å². The largest absolute Gasteiger partial charge is 0.336 e. The minimum Gasteiger partial charge on any atom is -0.336 e. The molecule has 0 saturated carbocycles. The van der Waals surface area contributed by atoms with Gasteiger partial charge in [-0.1, -0.05) is 34.8 Å².